The SMILES string of the molecule is O=C(Nc1ccc(SC(F)(F)F)cc1)Nc1cnc(Oc2ccccc2)nc1. The van der Waals surface area contributed by atoms with Gasteiger partial charge in [-0.05, 0) is 48.2 Å². The number of hydrogen-bond acceptors (Lipinski definition) is 5. The molecule has 28 heavy (non-hydrogen) atoms. The van der Waals surface area contributed by atoms with Gasteiger partial charge in [0.1, 0.15) is 5.75 Å². The van der Waals surface area contributed by atoms with Crippen LogP contribution in [0.5, 0.6) is 11.8 Å². The van der Waals surface area contributed by atoms with Crippen LogP contribution in [-0.4, -0.2) is 21.5 Å². The maximum atomic E-state index is 12.3. The molecule has 0 bridgehead atoms. The molecule has 0 saturated heterocycles. The zero-order valence-electron chi connectivity index (χ0n) is 14.1. The van der Waals surface area contributed by atoms with Crippen LogP contribution in [0.15, 0.2) is 71.9 Å². The standard InChI is InChI=1S/C18H13F3N4O2S/c19-18(20,21)28-15-8-6-12(7-9-15)24-16(26)25-13-10-22-17(23-11-13)27-14-4-2-1-3-5-14/h1-11H,(H2,24,25,26). The monoisotopic (exact) mass is 406 g/mol. The second-order valence-corrected chi connectivity index (χ2v) is 6.46. The molecule has 0 saturated carbocycles. The summed E-state index contributed by atoms with van der Waals surface area (Å²) in [7, 11) is 0. The van der Waals surface area contributed by atoms with Gasteiger partial charge in [-0.15, -0.1) is 0 Å². The van der Waals surface area contributed by atoms with Crippen LogP contribution in [0, 0.1) is 0 Å². The normalized spacial score (nSPS) is 11.0. The quantitative estimate of drug-likeness (QED) is 0.545. The lowest BCUT2D eigenvalue weighted by Gasteiger charge is -2.09. The zero-order valence-corrected chi connectivity index (χ0v) is 14.9. The van der Waals surface area contributed by atoms with E-state index in [1.165, 1.54) is 36.7 Å². The predicted molar refractivity (Wildman–Crippen MR) is 99.5 cm³/mol. The van der Waals surface area contributed by atoms with E-state index in [2.05, 4.69) is 20.6 Å². The predicted octanol–water partition coefficient (Wildman–Crippen LogP) is 5.52. The number of aromatic nitrogens is 2. The highest BCUT2D eigenvalue weighted by Gasteiger charge is 2.29. The summed E-state index contributed by atoms with van der Waals surface area (Å²) in [5, 5.41) is 5.03. The number of nitrogens with one attached hydrogen (secondary N) is 2. The molecular weight excluding hydrogens is 393 g/mol. The second-order valence-electron chi connectivity index (χ2n) is 5.32. The maximum Gasteiger partial charge on any atom is 0.446 e. The molecular formula is C18H13F3N4O2S. The molecule has 3 aromatic rings. The Morgan fingerprint density at radius 2 is 1.50 bits per heavy atom. The molecule has 0 spiro atoms. The first-order valence-corrected chi connectivity index (χ1v) is 8.68. The molecule has 0 aliphatic rings. The van der Waals surface area contributed by atoms with Crippen LogP contribution in [0.25, 0.3) is 0 Å². The summed E-state index contributed by atoms with van der Waals surface area (Å²) in [5.74, 6) is 0.577. The Hall–Kier alpha value is -3.27. The molecule has 1 heterocycles. The van der Waals surface area contributed by atoms with E-state index in [0.717, 1.165) is 0 Å². The van der Waals surface area contributed by atoms with Crippen molar-refractivity contribution in [1.29, 1.82) is 0 Å². The number of carbonyl (C=O) groups is 1. The van der Waals surface area contributed by atoms with Crippen LogP contribution >= 0.6 is 11.8 Å². The number of halogens is 3. The van der Waals surface area contributed by atoms with Gasteiger partial charge >= 0.3 is 17.5 Å². The lowest BCUT2D eigenvalue weighted by molar-refractivity contribution is -0.0328. The van der Waals surface area contributed by atoms with E-state index in [1.54, 1.807) is 12.1 Å². The molecule has 0 radical (unpaired) electrons. The average molecular weight is 406 g/mol. The average Bonchev–Trinajstić information content (AvgIpc) is 2.65. The minimum Gasteiger partial charge on any atom is -0.424 e. The lowest BCUT2D eigenvalue weighted by Crippen LogP contribution is -2.19. The molecule has 0 fully saturated rings. The summed E-state index contributed by atoms with van der Waals surface area (Å²) in [5.41, 5.74) is -3.70. The third-order valence-electron chi connectivity index (χ3n) is 3.18. The van der Waals surface area contributed by atoms with Crippen molar-refractivity contribution < 1.29 is 22.7 Å². The van der Waals surface area contributed by atoms with E-state index in [-0.39, 0.29) is 22.7 Å². The van der Waals surface area contributed by atoms with Crippen molar-refractivity contribution in [2.75, 3.05) is 10.6 Å². The van der Waals surface area contributed by atoms with Gasteiger partial charge in [-0.25, -0.2) is 14.8 Å². The van der Waals surface area contributed by atoms with E-state index in [0.29, 0.717) is 17.1 Å². The Morgan fingerprint density at radius 1 is 0.893 bits per heavy atom. The number of urea groups is 1. The van der Waals surface area contributed by atoms with Crippen LogP contribution < -0.4 is 15.4 Å². The first-order valence-electron chi connectivity index (χ1n) is 7.86. The molecule has 0 aliphatic carbocycles. The molecule has 144 valence electrons. The Balaban J connectivity index is 1.53. The number of hydrogen-bond donors (Lipinski definition) is 2. The van der Waals surface area contributed by atoms with Gasteiger partial charge in [0.15, 0.2) is 0 Å². The summed E-state index contributed by atoms with van der Waals surface area (Å²) >= 11 is -0.224. The highest BCUT2D eigenvalue weighted by molar-refractivity contribution is 8.00. The van der Waals surface area contributed by atoms with Gasteiger partial charge in [-0.1, -0.05) is 18.2 Å². The minimum absolute atomic E-state index is 0.0286. The van der Waals surface area contributed by atoms with Crippen molar-refractivity contribution >= 4 is 29.2 Å². The molecule has 2 aromatic carbocycles. The van der Waals surface area contributed by atoms with Crippen molar-refractivity contribution in [3.63, 3.8) is 0 Å². The number of carbonyl (C=O) groups excluding carboxylic acids is 1. The number of thioether (sulfide) groups is 1. The van der Waals surface area contributed by atoms with Gasteiger partial charge in [0.2, 0.25) is 0 Å². The van der Waals surface area contributed by atoms with E-state index >= 15 is 0 Å². The molecule has 2 N–H and O–H groups in total. The number of ether oxygens (including phenoxy) is 1. The van der Waals surface area contributed by atoms with E-state index < -0.39 is 11.5 Å². The maximum absolute atomic E-state index is 12.3. The molecule has 3 rings (SSSR count). The zero-order chi connectivity index (χ0) is 20.0. The van der Waals surface area contributed by atoms with Gasteiger partial charge in [-0.3, -0.25) is 0 Å². The fourth-order valence-corrected chi connectivity index (χ4v) is 2.60. The van der Waals surface area contributed by atoms with Crippen LogP contribution in [-0.2, 0) is 0 Å². The smallest absolute Gasteiger partial charge is 0.424 e. The number of alkyl halides is 3. The number of rotatable bonds is 5. The second kappa shape index (κ2) is 8.61. The van der Waals surface area contributed by atoms with Gasteiger partial charge in [0.05, 0.1) is 18.1 Å². The number of nitrogens with zero attached hydrogens (tertiary/aromatic N) is 2. The minimum atomic E-state index is -4.36. The molecule has 6 nitrogen and oxygen atoms in total. The van der Waals surface area contributed by atoms with Gasteiger partial charge < -0.3 is 15.4 Å². The summed E-state index contributed by atoms with van der Waals surface area (Å²) in [6.45, 7) is 0. The van der Waals surface area contributed by atoms with Crippen LogP contribution in [0.2, 0.25) is 0 Å². The van der Waals surface area contributed by atoms with Gasteiger partial charge in [0.25, 0.3) is 0 Å². The van der Waals surface area contributed by atoms with Crippen molar-refractivity contribution in [3.8, 4) is 11.8 Å². The fourth-order valence-electron chi connectivity index (χ4n) is 2.06. The summed E-state index contributed by atoms with van der Waals surface area (Å²) in [6.07, 6.45) is 2.74. The Labute approximate surface area is 162 Å². The van der Waals surface area contributed by atoms with Gasteiger partial charge in [0, 0.05) is 10.6 Å². The topological polar surface area (TPSA) is 76.1 Å². The lowest BCUT2D eigenvalue weighted by atomic mass is 10.3. The number of benzene rings is 2. The summed E-state index contributed by atoms with van der Waals surface area (Å²) < 4.78 is 42.4. The molecule has 0 unspecified atom stereocenters. The van der Waals surface area contributed by atoms with E-state index in [4.69, 9.17) is 4.74 Å². The Kier molecular flexibility index (Phi) is 5.99. The van der Waals surface area contributed by atoms with E-state index in [1.807, 2.05) is 18.2 Å². The van der Waals surface area contributed by atoms with Crippen molar-refractivity contribution in [1.82, 2.24) is 9.97 Å². The highest BCUT2D eigenvalue weighted by atomic mass is 32.2. The fraction of sp³-hybridized carbons (Fsp3) is 0.0556. The van der Waals surface area contributed by atoms with Crippen molar-refractivity contribution in [3.05, 3.63) is 67.0 Å². The molecule has 1 aromatic heterocycles. The first-order chi connectivity index (χ1) is 13.4. The van der Waals surface area contributed by atoms with Crippen molar-refractivity contribution in [2.24, 2.45) is 0 Å². The molecule has 10 heteroatoms. The molecule has 0 atom stereocenters. The van der Waals surface area contributed by atoms with Crippen LogP contribution in [0.1, 0.15) is 0 Å². The number of para-hydroxylation sites is 1. The van der Waals surface area contributed by atoms with Gasteiger partial charge in [-0.2, -0.15) is 13.2 Å². The Morgan fingerprint density at radius 3 is 2.11 bits per heavy atom. The summed E-state index contributed by atoms with van der Waals surface area (Å²) in [6, 6.07) is 13.8. The number of anilines is 2. The molecule has 2 amide bonds. The largest absolute Gasteiger partial charge is 0.446 e. The Bertz CT molecular complexity index is 920. The number of amides is 2. The van der Waals surface area contributed by atoms with E-state index in [9.17, 15) is 18.0 Å². The summed E-state index contributed by atoms with van der Waals surface area (Å²) in [4.78, 5) is 20.0. The van der Waals surface area contributed by atoms with Crippen LogP contribution in [0.4, 0.5) is 29.3 Å². The van der Waals surface area contributed by atoms with Crippen molar-refractivity contribution in [2.45, 2.75) is 10.4 Å². The third kappa shape index (κ3) is 6.16. The highest BCUT2D eigenvalue weighted by Crippen LogP contribution is 2.37. The van der Waals surface area contributed by atoms with Crippen LogP contribution in [0.3, 0.4) is 0 Å². The molecule has 0 aliphatic heterocycles. The first kappa shape index (κ1) is 19.5. The third-order valence-corrected chi connectivity index (χ3v) is 3.92.